The third kappa shape index (κ3) is 4.38. The molecule has 0 aliphatic heterocycles. The Labute approximate surface area is 216 Å². The summed E-state index contributed by atoms with van der Waals surface area (Å²) in [6, 6.07) is 17.7. The number of carbonyl (C=O) groups excluding carboxylic acids is 1. The summed E-state index contributed by atoms with van der Waals surface area (Å²) in [5.41, 5.74) is 4.14. The molecule has 1 unspecified atom stereocenters. The largest absolute Gasteiger partial charge is 0.326 e. The number of nitrogens with zero attached hydrogens (tertiary/aromatic N) is 6. The van der Waals surface area contributed by atoms with Crippen LogP contribution in [0.15, 0.2) is 64.8 Å². The number of amides is 1. The number of hydrogen-bond donors (Lipinski definition) is 1. The van der Waals surface area contributed by atoms with Gasteiger partial charge in [-0.3, -0.25) is 4.79 Å². The van der Waals surface area contributed by atoms with Crippen molar-refractivity contribution >= 4 is 44.9 Å². The average Bonchev–Trinajstić information content (AvgIpc) is 3.49. The van der Waals surface area contributed by atoms with E-state index in [1.807, 2.05) is 68.4 Å². The Kier molecular flexibility index (Phi) is 5.98. The molecular formula is C26H23N7OS2. The number of fused-ring (bicyclic) bond motifs is 3. The lowest BCUT2D eigenvalue weighted by atomic mass is 9.87. The first-order valence-electron chi connectivity index (χ1n) is 11.7. The van der Waals surface area contributed by atoms with Crippen molar-refractivity contribution in [2.45, 2.75) is 43.3 Å². The monoisotopic (exact) mass is 513 g/mol. The van der Waals surface area contributed by atoms with Crippen LogP contribution < -0.4 is 5.32 Å². The highest BCUT2D eigenvalue weighted by Gasteiger charge is 2.30. The first-order valence-corrected chi connectivity index (χ1v) is 13.4. The van der Waals surface area contributed by atoms with E-state index in [0.717, 1.165) is 39.5 Å². The molecule has 1 aliphatic rings. The van der Waals surface area contributed by atoms with Gasteiger partial charge in [-0.1, -0.05) is 35.9 Å². The Morgan fingerprint density at radius 3 is 2.69 bits per heavy atom. The van der Waals surface area contributed by atoms with Crippen LogP contribution >= 0.6 is 23.1 Å². The van der Waals surface area contributed by atoms with Crippen LogP contribution in [0.2, 0.25) is 0 Å². The molecule has 36 heavy (non-hydrogen) atoms. The molecule has 3 heterocycles. The lowest BCUT2D eigenvalue weighted by Crippen LogP contribution is -2.27. The first kappa shape index (κ1) is 22.8. The molecular weight excluding hydrogens is 490 g/mol. The average molecular weight is 514 g/mol. The molecule has 0 radical (unpaired) electrons. The van der Waals surface area contributed by atoms with Crippen molar-refractivity contribution in [3.8, 4) is 5.69 Å². The van der Waals surface area contributed by atoms with Crippen LogP contribution in [0, 0.1) is 19.8 Å². The summed E-state index contributed by atoms with van der Waals surface area (Å²) in [5, 5.41) is 18.0. The van der Waals surface area contributed by atoms with E-state index in [9.17, 15) is 4.79 Å². The normalized spacial score (nSPS) is 15.1. The number of hydrogen-bond acceptors (Lipinski definition) is 8. The summed E-state index contributed by atoms with van der Waals surface area (Å²) in [7, 11) is 0. The van der Waals surface area contributed by atoms with Crippen LogP contribution in [-0.2, 0) is 17.6 Å². The van der Waals surface area contributed by atoms with Crippen LogP contribution in [-0.4, -0.2) is 36.1 Å². The summed E-state index contributed by atoms with van der Waals surface area (Å²) >= 11 is 3.12. The van der Waals surface area contributed by atoms with Crippen molar-refractivity contribution in [2.24, 2.45) is 5.92 Å². The Balaban J connectivity index is 1.29. The van der Waals surface area contributed by atoms with Crippen LogP contribution in [0.1, 0.15) is 28.2 Å². The minimum absolute atomic E-state index is 0.0672. The second-order valence-corrected chi connectivity index (χ2v) is 10.9. The molecule has 0 spiro atoms. The van der Waals surface area contributed by atoms with E-state index in [1.165, 1.54) is 27.8 Å². The van der Waals surface area contributed by atoms with Crippen LogP contribution in [0.3, 0.4) is 0 Å². The molecule has 2 aromatic carbocycles. The van der Waals surface area contributed by atoms with Crippen molar-refractivity contribution in [3.63, 3.8) is 0 Å². The van der Waals surface area contributed by atoms with Gasteiger partial charge in [0.2, 0.25) is 11.1 Å². The van der Waals surface area contributed by atoms with E-state index in [0.29, 0.717) is 17.4 Å². The van der Waals surface area contributed by atoms with Gasteiger partial charge in [0.25, 0.3) is 0 Å². The molecule has 0 bridgehead atoms. The van der Waals surface area contributed by atoms with Crippen LogP contribution in [0.25, 0.3) is 15.9 Å². The van der Waals surface area contributed by atoms with Gasteiger partial charge < -0.3 is 5.32 Å². The molecule has 0 saturated carbocycles. The standard InChI is InChI=1S/C26H23N7OS2/c1-15-8-11-18(12-9-15)29-23(34)17-10-13-20-21(14-17)35-24-22(20)25(28-16(2)27-24)36-26-30-31-32-33(26)19-6-4-3-5-7-19/h3-9,11-12,17H,10,13-14H2,1-2H3,(H,29,34). The zero-order valence-corrected chi connectivity index (χ0v) is 21.4. The van der Waals surface area contributed by atoms with Crippen molar-refractivity contribution in [1.29, 1.82) is 0 Å². The second-order valence-electron chi connectivity index (χ2n) is 8.87. The summed E-state index contributed by atoms with van der Waals surface area (Å²) < 4.78 is 1.72. The minimum atomic E-state index is -0.0672. The molecule has 1 atom stereocenters. The third-order valence-corrected chi connectivity index (χ3v) is 8.38. The topological polar surface area (TPSA) is 98.5 Å². The molecule has 6 rings (SSSR count). The van der Waals surface area contributed by atoms with Gasteiger partial charge in [0, 0.05) is 21.9 Å². The SMILES string of the molecule is Cc1ccc(NC(=O)C2CCc3c(sc4nc(C)nc(Sc5nnnn5-c5ccccc5)c34)C2)cc1. The first-order chi connectivity index (χ1) is 17.5. The van der Waals surface area contributed by atoms with Gasteiger partial charge in [0.15, 0.2) is 0 Å². The summed E-state index contributed by atoms with van der Waals surface area (Å²) in [5.74, 6) is 0.708. The molecule has 1 aliphatic carbocycles. The van der Waals surface area contributed by atoms with Gasteiger partial charge in [0.05, 0.1) is 5.69 Å². The maximum absolute atomic E-state index is 13.0. The number of thiophene rings is 1. The van der Waals surface area contributed by atoms with Crippen molar-refractivity contribution in [3.05, 3.63) is 76.4 Å². The molecule has 8 nitrogen and oxygen atoms in total. The fraction of sp³-hybridized carbons (Fsp3) is 0.231. The van der Waals surface area contributed by atoms with Gasteiger partial charge in [-0.05, 0) is 85.1 Å². The predicted octanol–water partition coefficient (Wildman–Crippen LogP) is 5.18. The summed E-state index contributed by atoms with van der Waals surface area (Å²) in [4.78, 5) is 24.7. The summed E-state index contributed by atoms with van der Waals surface area (Å²) in [6.07, 6.45) is 2.31. The highest BCUT2D eigenvalue weighted by atomic mass is 32.2. The van der Waals surface area contributed by atoms with E-state index >= 15 is 0 Å². The lowest BCUT2D eigenvalue weighted by Gasteiger charge is -2.21. The fourth-order valence-electron chi connectivity index (χ4n) is 4.48. The molecule has 0 saturated heterocycles. The van der Waals surface area contributed by atoms with E-state index in [2.05, 4.69) is 20.8 Å². The molecule has 1 amide bonds. The van der Waals surface area contributed by atoms with E-state index in [1.54, 1.807) is 16.0 Å². The number of nitrogens with one attached hydrogen (secondary N) is 1. The second kappa shape index (κ2) is 9.44. The van der Waals surface area contributed by atoms with Gasteiger partial charge in [0.1, 0.15) is 15.7 Å². The maximum atomic E-state index is 13.0. The number of carbonyl (C=O) groups is 1. The Hall–Kier alpha value is -3.63. The zero-order valence-electron chi connectivity index (χ0n) is 19.8. The number of benzene rings is 2. The van der Waals surface area contributed by atoms with Crippen molar-refractivity contribution < 1.29 is 4.79 Å². The van der Waals surface area contributed by atoms with Crippen LogP contribution in [0.4, 0.5) is 5.69 Å². The van der Waals surface area contributed by atoms with E-state index in [4.69, 9.17) is 9.97 Å². The zero-order chi connectivity index (χ0) is 24.6. The summed E-state index contributed by atoms with van der Waals surface area (Å²) in [6.45, 7) is 3.94. The van der Waals surface area contributed by atoms with Crippen LogP contribution in [0.5, 0.6) is 0 Å². The fourth-order valence-corrected chi connectivity index (χ4v) is 6.87. The number of aromatic nitrogens is 6. The van der Waals surface area contributed by atoms with Crippen molar-refractivity contribution in [1.82, 2.24) is 30.2 Å². The molecule has 1 N–H and O–H groups in total. The predicted molar refractivity (Wildman–Crippen MR) is 141 cm³/mol. The van der Waals surface area contributed by atoms with E-state index in [-0.39, 0.29) is 11.8 Å². The quantitative estimate of drug-likeness (QED) is 0.323. The molecule has 5 aromatic rings. The van der Waals surface area contributed by atoms with Crippen molar-refractivity contribution in [2.75, 3.05) is 5.32 Å². The highest BCUT2D eigenvalue weighted by Crippen LogP contribution is 2.42. The molecule has 0 fully saturated rings. The Morgan fingerprint density at radius 1 is 1.08 bits per heavy atom. The molecule has 180 valence electrons. The number of tetrazole rings is 1. The van der Waals surface area contributed by atoms with E-state index < -0.39 is 0 Å². The Morgan fingerprint density at radius 2 is 1.89 bits per heavy atom. The van der Waals surface area contributed by atoms with Gasteiger partial charge in [-0.15, -0.1) is 16.4 Å². The molecule has 3 aromatic heterocycles. The smallest absolute Gasteiger partial charge is 0.227 e. The minimum Gasteiger partial charge on any atom is -0.326 e. The van der Waals surface area contributed by atoms with Gasteiger partial charge in [-0.25, -0.2) is 9.97 Å². The number of para-hydroxylation sites is 1. The lowest BCUT2D eigenvalue weighted by molar-refractivity contribution is -0.120. The maximum Gasteiger partial charge on any atom is 0.227 e. The number of rotatable bonds is 5. The third-order valence-electron chi connectivity index (χ3n) is 6.31. The van der Waals surface area contributed by atoms with Gasteiger partial charge in [-0.2, -0.15) is 4.68 Å². The number of anilines is 1. The Bertz CT molecular complexity index is 1560. The number of aryl methyl sites for hydroxylation is 3. The molecule has 10 heteroatoms. The highest BCUT2D eigenvalue weighted by molar-refractivity contribution is 7.99. The van der Waals surface area contributed by atoms with Gasteiger partial charge >= 0.3 is 0 Å².